The van der Waals surface area contributed by atoms with Crippen LogP contribution in [0.4, 0.5) is 11.8 Å². The summed E-state index contributed by atoms with van der Waals surface area (Å²) in [6.07, 6.45) is 3.85. The number of carbonyl (C=O) groups excluding carboxylic acids is 1. The van der Waals surface area contributed by atoms with Crippen molar-refractivity contribution in [1.82, 2.24) is 14.5 Å². The number of hydrogen-bond acceptors (Lipinski definition) is 7. The molecule has 9 heteroatoms. The van der Waals surface area contributed by atoms with Gasteiger partial charge < -0.3 is 20.8 Å². The molecule has 9 nitrogen and oxygen atoms in total. The van der Waals surface area contributed by atoms with E-state index in [1.165, 1.54) is 0 Å². The molecule has 0 saturated heterocycles. The standard InChI is InChI=1S/C19H24N6O3/c1-3-4-9-28-24-18-16-14(22-19(21)23-18)7-8-25(16)11-13-6-5-12(17(20)26)10-15(13)27-2/h5-8,10H,3-4,9,11H2,1-2H3,(H2,20,26)(H3,21,22,23,24). The second-order valence-electron chi connectivity index (χ2n) is 6.30. The van der Waals surface area contributed by atoms with Gasteiger partial charge in [0.1, 0.15) is 11.3 Å². The molecule has 5 N–H and O–H groups in total. The van der Waals surface area contributed by atoms with Crippen LogP contribution in [0.1, 0.15) is 35.7 Å². The van der Waals surface area contributed by atoms with Gasteiger partial charge in [0.2, 0.25) is 11.9 Å². The van der Waals surface area contributed by atoms with Crippen LogP contribution in [0.3, 0.4) is 0 Å². The van der Waals surface area contributed by atoms with Gasteiger partial charge in [0.05, 0.1) is 25.8 Å². The van der Waals surface area contributed by atoms with Crippen LogP contribution in [0.5, 0.6) is 5.75 Å². The number of primary amides is 1. The first kappa shape index (κ1) is 19.4. The zero-order chi connectivity index (χ0) is 20.1. The maximum Gasteiger partial charge on any atom is 0.248 e. The number of benzene rings is 1. The molecule has 0 aliphatic rings. The SMILES string of the molecule is CCCCONc1nc(N)nc2ccn(Cc3ccc(C(N)=O)cc3OC)c12. The third kappa shape index (κ3) is 4.15. The normalized spacial score (nSPS) is 10.9. The monoisotopic (exact) mass is 384 g/mol. The summed E-state index contributed by atoms with van der Waals surface area (Å²) >= 11 is 0. The maximum atomic E-state index is 11.4. The van der Waals surface area contributed by atoms with Gasteiger partial charge in [-0.05, 0) is 24.6 Å². The summed E-state index contributed by atoms with van der Waals surface area (Å²) in [5, 5.41) is 0. The lowest BCUT2D eigenvalue weighted by Gasteiger charge is -2.14. The van der Waals surface area contributed by atoms with Crippen LogP contribution in [-0.2, 0) is 11.4 Å². The minimum absolute atomic E-state index is 0.162. The Morgan fingerprint density at radius 1 is 1.29 bits per heavy atom. The van der Waals surface area contributed by atoms with Gasteiger partial charge in [-0.1, -0.05) is 19.4 Å². The highest BCUT2D eigenvalue weighted by molar-refractivity contribution is 5.93. The van der Waals surface area contributed by atoms with Gasteiger partial charge in [-0.15, -0.1) is 0 Å². The van der Waals surface area contributed by atoms with Crippen molar-refractivity contribution < 1.29 is 14.4 Å². The molecule has 0 unspecified atom stereocenters. The van der Waals surface area contributed by atoms with Crippen LogP contribution < -0.4 is 21.7 Å². The number of unbranched alkanes of at least 4 members (excludes halogenated alkanes) is 1. The van der Waals surface area contributed by atoms with E-state index >= 15 is 0 Å². The number of methoxy groups -OCH3 is 1. The molecule has 0 spiro atoms. The fourth-order valence-electron chi connectivity index (χ4n) is 2.88. The Hall–Kier alpha value is -3.33. The quantitative estimate of drug-likeness (QED) is 0.381. The van der Waals surface area contributed by atoms with E-state index in [4.69, 9.17) is 21.0 Å². The van der Waals surface area contributed by atoms with Crippen LogP contribution >= 0.6 is 0 Å². The molecule has 1 aromatic carbocycles. The minimum atomic E-state index is -0.504. The molecule has 28 heavy (non-hydrogen) atoms. The van der Waals surface area contributed by atoms with Crippen molar-refractivity contribution in [2.45, 2.75) is 26.3 Å². The third-order valence-corrected chi connectivity index (χ3v) is 4.31. The Kier molecular flexibility index (Phi) is 5.95. The summed E-state index contributed by atoms with van der Waals surface area (Å²) in [6.45, 7) is 3.12. The van der Waals surface area contributed by atoms with Gasteiger partial charge in [-0.25, -0.2) is 10.5 Å². The number of carbonyl (C=O) groups is 1. The number of nitrogens with two attached hydrogens (primary N) is 2. The minimum Gasteiger partial charge on any atom is -0.496 e. The lowest BCUT2D eigenvalue weighted by molar-refractivity contribution is 0.1000. The van der Waals surface area contributed by atoms with Gasteiger partial charge in [-0.3, -0.25) is 9.63 Å². The van der Waals surface area contributed by atoms with E-state index in [2.05, 4.69) is 22.4 Å². The molecular formula is C19H24N6O3. The van der Waals surface area contributed by atoms with E-state index in [0.717, 1.165) is 23.9 Å². The number of hydrogen-bond donors (Lipinski definition) is 3. The summed E-state index contributed by atoms with van der Waals surface area (Å²) in [7, 11) is 1.55. The first-order valence-corrected chi connectivity index (χ1v) is 9.00. The van der Waals surface area contributed by atoms with Gasteiger partial charge in [0, 0.05) is 17.3 Å². The Labute approximate surface area is 162 Å². The van der Waals surface area contributed by atoms with Crippen molar-refractivity contribution in [3.63, 3.8) is 0 Å². The van der Waals surface area contributed by atoms with Crippen LogP contribution in [0.25, 0.3) is 11.0 Å². The highest BCUT2D eigenvalue weighted by atomic mass is 16.6. The van der Waals surface area contributed by atoms with Gasteiger partial charge in [0.15, 0.2) is 5.82 Å². The van der Waals surface area contributed by atoms with E-state index in [0.29, 0.717) is 35.8 Å². The van der Waals surface area contributed by atoms with E-state index in [1.807, 2.05) is 22.9 Å². The smallest absolute Gasteiger partial charge is 0.248 e. The van der Waals surface area contributed by atoms with Crippen molar-refractivity contribution in [3.05, 3.63) is 41.6 Å². The highest BCUT2D eigenvalue weighted by Gasteiger charge is 2.14. The number of nitrogen functional groups attached to an aromatic ring is 1. The molecule has 0 fully saturated rings. The highest BCUT2D eigenvalue weighted by Crippen LogP contribution is 2.27. The number of fused-ring (bicyclic) bond motifs is 1. The summed E-state index contributed by atoms with van der Waals surface area (Å²) in [5.41, 5.74) is 16.8. The van der Waals surface area contributed by atoms with Crippen LogP contribution in [0.15, 0.2) is 30.5 Å². The first-order valence-electron chi connectivity index (χ1n) is 9.00. The van der Waals surface area contributed by atoms with Gasteiger partial charge in [0.25, 0.3) is 0 Å². The zero-order valence-corrected chi connectivity index (χ0v) is 15.9. The number of anilines is 2. The number of nitrogens with zero attached hydrogens (tertiary/aromatic N) is 3. The van der Waals surface area contributed by atoms with Crippen LogP contribution in [0.2, 0.25) is 0 Å². The summed E-state index contributed by atoms with van der Waals surface area (Å²) in [6, 6.07) is 6.97. The molecule has 0 aliphatic carbocycles. The van der Waals surface area contributed by atoms with Crippen LogP contribution in [0, 0.1) is 0 Å². The molecular weight excluding hydrogens is 360 g/mol. The summed E-state index contributed by atoms with van der Waals surface area (Å²) in [5.74, 6) is 0.727. The van der Waals surface area contributed by atoms with Crippen molar-refractivity contribution >= 4 is 28.7 Å². The number of ether oxygens (including phenoxy) is 1. The third-order valence-electron chi connectivity index (χ3n) is 4.31. The molecule has 3 rings (SSSR count). The predicted octanol–water partition coefficient (Wildman–Crippen LogP) is 2.31. The second kappa shape index (κ2) is 8.57. The molecule has 0 aliphatic heterocycles. The molecule has 0 bridgehead atoms. The Morgan fingerprint density at radius 3 is 2.82 bits per heavy atom. The van der Waals surface area contributed by atoms with E-state index in [-0.39, 0.29) is 5.95 Å². The number of nitrogens with one attached hydrogen (secondary N) is 1. The van der Waals surface area contributed by atoms with Crippen LogP contribution in [-0.4, -0.2) is 34.2 Å². The van der Waals surface area contributed by atoms with Gasteiger partial charge in [-0.2, -0.15) is 4.98 Å². The van der Waals surface area contributed by atoms with Crippen molar-refractivity contribution in [2.75, 3.05) is 24.9 Å². The average Bonchev–Trinajstić information content (AvgIpc) is 3.07. The summed E-state index contributed by atoms with van der Waals surface area (Å²) < 4.78 is 7.39. The Balaban J connectivity index is 1.94. The lowest BCUT2D eigenvalue weighted by Crippen LogP contribution is -2.12. The van der Waals surface area contributed by atoms with E-state index in [9.17, 15) is 4.79 Å². The largest absolute Gasteiger partial charge is 0.496 e. The Morgan fingerprint density at radius 2 is 2.11 bits per heavy atom. The van der Waals surface area contributed by atoms with E-state index in [1.54, 1.807) is 19.2 Å². The Bertz CT molecular complexity index is 985. The van der Waals surface area contributed by atoms with Gasteiger partial charge >= 0.3 is 0 Å². The maximum absolute atomic E-state index is 11.4. The predicted molar refractivity (Wildman–Crippen MR) is 107 cm³/mol. The topological polar surface area (TPSA) is 130 Å². The molecule has 0 saturated carbocycles. The molecule has 1 amide bonds. The van der Waals surface area contributed by atoms with E-state index < -0.39 is 5.91 Å². The molecule has 148 valence electrons. The fourth-order valence-corrected chi connectivity index (χ4v) is 2.88. The zero-order valence-electron chi connectivity index (χ0n) is 15.9. The first-order chi connectivity index (χ1) is 13.5. The molecule has 2 heterocycles. The molecule has 0 atom stereocenters. The molecule has 3 aromatic rings. The molecule has 0 radical (unpaired) electrons. The molecule has 2 aromatic heterocycles. The van der Waals surface area contributed by atoms with Crippen molar-refractivity contribution in [3.8, 4) is 5.75 Å². The summed E-state index contributed by atoms with van der Waals surface area (Å²) in [4.78, 5) is 25.5. The fraction of sp³-hybridized carbons (Fsp3) is 0.316. The lowest BCUT2D eigenvalue weighted by atomic mass is 10.1. The average molecular weight is 384 g/mol. The number of rotatable bonds is 9. The second-order valence-corrected chi connectivity index (χ2v) is 6.30. The number of amides is 1. The van der Waals surface area contributed by atoms with Crippen molar-refractivity contribution in [1.29, 1.82) is 0 Å². The van der Waals surface area contributed by atoms with Crippen molar-refractivity contribution in [2.24, 2.45) is 5.73 Å². The number of aromatic nitrogens is 3.